The van der Waals surface area contributed by atoms with E-state index >= 15 is 0 Å². The van der Waals surface area contributed by atoms with Gasteiger partial charge in [-0.25, -0.2) is 4.79 Å². The molecule has 0 unspecified atom stereocenters. The predicted molar refractivity (Wildman–Crippen MR) is 78.8 cm³/mol. The number of ether oxygens (including phenoxy) is 2. The van der Waals surface area contributed by atoms with Crippen LogP contribution in [0.1, 0.15) is 12.5 Å². The van der Waals surface area contributed by atoms with Crippen molar-refractivity contribution in [3.05, 3.63) is 29.8 Å². The Balaban J connectivity index is 2.46. The van der Waals surface area contributed by atoms with Crippen LogP contribution in [0.4, 0.5) is 10.5 Å². The molecular formula is C14H21N3O4. The lowest BCUT2D eigenvalue weighted by Crippen LogP contribution is -2.38. The van der Waals surface area contributed by atoms with E-state index in [0.29, 0.717) is 12.4 Å². The summed E-state index contributed by atoms with van der Waals surface area (Å²) in [5.74, 6) is -0.151. The minimum Gasteiger partial charge on any atom is -0.445 e. The van der Waals surface area contributed by atoms with Crippen molar-refractivity contribution in [2.24, 2.45) is 0 Å². The first kappa shape index (κ1) is 16.9. The average Bonchev–Trinajstić information content (AvgIpc) is 2.51. The third-order valence-electron chi connectivity index (χ3n) is 2.72. The highest BCUT2D eigenvalue weighted by atomic mass is 16.5. The van der Waals surface area contributed by atoms with Gasteiger partial charge in [-0.1, -0.05) is 12.1 Å². The lowest BCUT2D eigenvalue weighted by Gasteiger charge is -2.13. The highest BCUT2D eigenvalue weighted by Gasteiger charge is 2.11. The molecule has 0 saturated carbocycles. The molecule has 0 heterocycles. The van der Waals surface area contributed by atoms with Crippen LogP contribution in [0.25, 0.3) is 0 Å². The maximum absolute atomic E-state index is 11.9. The van der Waals surface area contributed by atoms with Gasteiger partial charge in [0.25, 0.3) is 0 Å². The van der Waals surface area contributed by atoms with Gasteiger partial charge in [-0.2, -0.15) is 0 Å². The summed E-state index contributed by atoms with van der Waals surface area (Å²) in [6, 6.07) is 6.71. The molecule has 0 fully saturated rings. The Morgan fingerprint density at radius 3 is 2.48 bits per heavy atom. The van der Waals surface area contributed by atoms with Crippen molar-refractivity contribution in [3.8, 4) is 0 Å². The molecule has 1 atom stereocenters. The number of rotatable bonds is 7. The second kappa shape index (κ2) is 8.93. The minimum absolute atomic E-state index is 0.151. The third-order valence-corrected chi connectivity index (χ3v) is 2.72. The first-order valence-corrected chi connectivity index (χ1v) is 6.53. The van der Waals surface area contributed by atoms with Gasteiger partial charge in [-0.15, -0.1) is 0 Å². The minimum atomic E-state index is -0.481. The van der Waals surface area contributed by atoms with E-state index < -0.39 is 6.09 Å². The molecule has 0 aliphatic rings. The number of hydrogen-bond donors (Lipinski definition) is 3. The molecule has 3 N–H and O–H groups in total. The Morgan fingerprint density at radius 2 is 1.90 bits per heavy atom. The maximum atomic E-state index is 11.9. The van der Waals surface area contributed by atoms with Gasteiger partial charge in [-0.3, -0.25) is 10.1 Å². The summed E-state index contributed by atoms with van der Waals surface area (Å²) in [7, 11) is 3.05. The topological polar surface area (TPSA) is 88.7 Å². The monoisotopic (exact) mass is 295 g/mol. The Morgan fingerprint density at radius 1 is 1.24 bits per heavy atom. The van der Waals surface area contributed by atoms with E-state index in [1.165, 1.54) is 7.05 Å². The van der Waals surface area contributed by atoms with E-state index in [9.17, 15) is 9.59 Å². The van der Waals surface area contributed by atoms with Crippen molar-refractivity contribution in [3.63, 3.8) is 0 Å². The number of methoxy groups -OCH3 is 1. The molecule has 0 bridgehead atoms. The highest BCUT2D eigenvalue weighted by molar-refractivity contribution is 5.94. The second-order valence-electron chi connectivity index (χ2n) is 4.37. The fraction of sp³-hybridized carbons (Fsp3) is 0.429. The summed E-state index contributed by atoms with van der Waals surface area (Å²) in [5, 5.41) is 8.05. The Kier molecular flexibility index (Phi) is 7.20. The smallest absolute Gasteiger partial charge is 0.407 e. The quantitative estimate of drug-likeness (QED) is 0.655. The van der Waals surface area contributed by atoms with Gasteiger partial charge < -0.3 is 20.1 Å². The Labute approximate surface area is 124 Å². The van der Waals surface area contributed by atoms with Crippen molar-refractivity contribution in [1.29, 1.82) is 0 Å². The molecule has 2 amide bonds. The molecule has 0 aromatic heterocycles. The largest absolute Gasteiger partial charge is 0.445 e. The fourth-order valence-electron chi connectivity index (χ4n) is 1.46. The summed E-state index contributed by atoms with van der Waals surface area (Å²) in [6.07, 6.45) is -0.481. The van der Waals surface area contributed by atoms with Crippen LogP contribution in [0.5, 0.6) is 0 Å². The third kappa shape index (κ3) is 6.24. The van der Waals surface area contributed by atoms with Gasteiger partial charge in [-0.05, 0) is 24.6 Å². The molecule has 1 aromatic carbocycles. The normalized spacial score (nSPS) is 11.6. The molecule has 1 rings (SSSR count). The number of carbonyl (C=O) groups is 2. The van der Waals surface area contributed by atoms with Crippen molar-refractivity contribution in [2.75, 3.05) is 26.2 Å². The van der Waals surface area contributed by atoms with Gasteiger partial charge in [0.05, 0.1) is 12.8 Å². The van der Waals surface area contributed by atoms with Crippen LogP contribution in [0.3, 0.4) is 0 Å². The van der Waals surface area contributed by atoms with Crippen molar-refractivity contribution in [1.82, 2.24) is 10.6 Å². The van der Waals surface area contributed by atoms with Crippen LogP contribution >= 0.6 is 0 Å². The number of anilines is 1. The molecule has 0 spiro atoms. The van der Waals surface area contributed by atoms with Gasteiger partial charge in [0.15, 0.2) is 0 Å². The van der Waals surface area contributed by atoms with E-state index in [4.69, 9.17) is 9.47 Å². The molecule has 21 heavy (non-hydrogen) atoms. The van der Waals surface area contributed by atoms with Gasteiger partial charge in [0, 0.05) is 19.8 Å². The number of nitrogens with one attached hydrogen (secondary N) is 3. The number of alkyl carbamates (subject to hydrolysis) is 1. The summed E-state index contributed by atoms with van der Waals surface area (Å²) >= 11 is 0. The van der Waals surface area contributed by atoms with Crippen molar-refractivity contribution >= 4 is 17.7 Å². The standard InChI is InChI=1S/C14H21N3O4/c1-10(16-9-20-3)13(18)17-12-6-4-11(5-7-12)8-21-14(19)15-2/h4-7,10,16H,8-9H2,1-3H3,(H,15,19)(H,17,18)/t10-/m0/s1. The molecule has 1 aromatic rings. The number of hydrogen-bond acceptors (Lipinski definition) is 5. The molecule has 7 heteroatoms. The summed E-state index contributed by atoms with van der Waals surface area (Å²) in [6.45, 7) is 2.24. The number of amides is 2. The van der Waals surface area contributed by atoms with Crippen LogP contribution in [-0.2, 0) is 20.9 Å². The van der Waals surface area contributed by atoms with Crippen LogP contribution in [0.15, 0.2) is 24.3 Å². The molecule has 0 aliphatic carbocycles. The van der Waals surface area contributed by atoms with E-state index in [0.717, 1.165) is 5.56 Å². The summed E-state index contributed by atoms with van der Waals surface area (Å²) in [5.41, 5.74) is 1.51. The predicted octanol–water partition coefficient (Wildman–Crippen LogP) is 1.06. The zero-order valence-electron chi connectivity index (χ0n) is 12.4. The van der Waals surface area contributed by atoms with Crippen molar-refractivity contribution < 1.29 is 19.1 Å². The van der Waals surface area contributed by atoms with E-state index in [-0.39, 0.29) is 18.6 Å². The SMILES string of the molecule is CNC(=O)OCc1ccc(NC(=O)[C@H](C)NCOC)cc1. The van der Waals surface area contributed by atoms with Crippen LogP contribution in [0, 0.1) is 0 Å². The first-order chi connectivity index (χ1) is 10.1. The van der Waals surface area contributed by atoms with E-state index in [2.05, 4.69) is 16.0 Å². The molecule has 0 saturated heterocycles. The van der Waals surface area contributed by atoms with Crippen LogP contribution < -0.4 is 16.0 Å². The first-order valence-electron chi connectivity index (χ1n) is 6.53. The molecule has 0 aliphatic heterocycles. The highest BCUT2D eigenvalue weighted by Crippen LogP contribution is 2.11. The van der Waals surface area contributed by atoms with Gasteiger partial charge >= 0.3 is 6.09 Å². The second-order valence-corrected chi connectivity index (χ2v) is 4.37. The maximum Gasteiger partial charge on any atom is 0.407 e. The number of benzene rings is 1. The molecule has 116 valence electrons. The Bertz CT molecular complexity index is 462. The van der Waals surface area contributed by atoms with Crippen molar-refractivity contribution in [2.45, 2.75) is 19.6 Å². The lowest BCUT2D eigenvalue weighted by atomic mass is 10.2. The average molecular weight is 295 g/mol. The zero-order chi connectivity index (χ0) is 15.7. The van der Waals surface area contributed by atoms with E-state index in [1.54, 1.807) is 38.3 Å². The summed E-state index contributed by atoms with van der Waals surface area (Å²) < 4.78 is 9.77. The zero-order valence-corrected chi connectivity index (χ0v) is 12.4. The Hall–Kier alpha value is -2.12. The summed E-state index contributed by atoms with van der Waals surface area (Å²) in [4.78, 5) is 22.8. The molecular weight excluding hydrogens is 274 g/mol. The van der Waals surface area contributed by atoms with Gasteiger partial charge in [0.1, 0.15) is 6.61 Å². The number of carbonyl (C=O) groups excluding carboxylic acids is 2. The van der Waals surface area contributed by atoms with E-state index in [1.807, 2.05) is 0 Å². The van der Waals surface area contributed by atoms with Crippen LogP contribution in [-0.4, -0.2) is 38.9 Å². The lowest BCUT2D eigenvalue weighted by molar-refractivity contribution is -0.118. The fourth-order valence-corrected chi connectivity index (χ4v) is 1.46. The van der Waals surface area contributed by atoms with Gasteiger partial charge in [0.2, 0.25) is 5.91 Å². The van der Waals surface area contributed by atoms with Crippen LogP contribution in [0.2, 0.25) is 0 Å². The molecule has 7 nitrogen and oxygen atoms in total. The molecule has 0 radical (unpaired) electrons.